The summed E-state index contributed by atoms with van der Waals surface area (Å²) in [5.74, 6) is -0.0795. The van der Waals surface area contributed by atoms with Gasteiger partial charge in [-0.15, -0.1) is 0 Å². The van der Waals surface area contributed by atoms with Crippen molar-refractivity contribution < 1.29 is 14.7 Å². The summed E-state index contributed by atoms with van der Waals surface area (Å²) in [6, 6.07) is 9.38. The molecule has 0 aliphatic carbocycles. The van der Waals surface area contributed by atoms with Crippen LogP contribution in [0.4, 0.5) is 16.2 Å². The number of rotatable bonds is 2. The third-order valence-corrected chi connectivity index (χ3v) is 5.45. The van der Waals surface area contributed by atoms with Gasteiger partial charge in [0, 0.05) is 12.1 Å². The average Bonchev–Trinajstić information content (AvgIpc) is 2.62. The maximum Gasteiger partial charge on any atom is 0.412 e. The van der Waals surface area contributed by atoms with Gasteiger partial charge in [-0.2, -0.15) is 0 Å². The number of anilines is 2. The summed E-state index contributed by atoms with van der Waals surface area (Å²) in [4.78, 5) is 28.5. The predicted octanol–water partition coefficient (Wildman–Crippen LogP) is 4.84. The fourth-order valence-corrected chi connectivity index (χ4v) is 3.66. The molecule has 0 aromatic heterocycles. The third kappa shape index (κ3) is 3.29. The number of benzene rings is 2. The van der Waals surface area contributed by atoms with Gasteiger partial charge in [0.25, 0.3) is 5.91 Å². The Bertz CT molecular complexity index is 920. The van der Waals surface area contributed by atoms with E-state index in [1.165, 1.54) is 4.90 Å². The summed E-state index contributed by atoms with van der Waals surface area (Å²) < 4.78 is 0. The Morgan fingerprint density at radius 2 is 1.63 bits per heavy atom. The van der Waals surface area contributed by atoms with Crippen molar-refractivity contribution in [3.63, 3.8) is 0 Å². The molecule has 1 aliphatic heterocycles. The molecule has 3 rings (SSSR count). The second-order valence-corrected chi connectivity index (χ2v) is 7.37. The van der Waals surface area contributed by atoms with Gasteiger partial charge < -0.3 is 10.0 Å². The second kappa shape index (κ2) is 7.06. The number of aryl methyl sites for hydroxylation is 4. The predicted molar refractivity (Wildman–Crippen MR) is 108 cm³/mol. The fourth-order valence-electron chi connectivity index (χ4n) is 3.66. The molecule has 27 heavy (non-hydrogen) atoms. The van der Waals surface area contributed by atoms with Crippen LogP contribution in [0.1, 0.15) is 46.0 Å². The Morgan fingerprint density at radius 1 is 1.00 bits per heavy atom. The minimum absolute atomic E-state index is 0.0795. The highest BCUT2D eigenvalue weighted by molar-refractivity contribution is 6.11. The molecule has 1 aliphatic rings. The number of carbonyl (C=O) groups is 2. The van der Waals surface area contributed by atoms with Gasteiger partial charge in [-0.25, -0.2) is 4.79 Å². The van der Waals surface area contributed by atoms with Crippen LogP contribution in [0.5, 0.6) is 0 Å². The van der Waals surface area contributed by atoms with Gasteiger partial charge in [-0.05, 0) is 69.0 Å². The summed E-state index contributed by atoms with van der Waals surface area (Å²) in [6.45, 7) is 10.1. The topological polar surface area (TPSA) is 60.9 Å². The molecule has 0 saturated carbocycles. The summed E-state index contributed by atoms with van der Waals surface area (Å²) >= 11 is 0. The average molecular weight is 366 g/mol. The van der Waals surface area contributed by atoms with Crippen LogP contribution in [0.3, 0.4) is 0 Å². The molecular formula is C22H26N2O3. The van der Waals surface area contributed by atoms with E-state index < -0.39 is 6.09 Å². The first-order chi connectivity index (χ1) is 12.7. The lowest BCUT2D eigenvalue weighted by molar-refractivity contribution is 0.0982. The summed E-state index contributed by atoms with van der Waals surface area (Å²) in [7, 11) is 0. The van der Waals surface area contributed by atoms with Crippen LogP contribution in [0, 0.1) is 27.7 Å². The van der Waals surface area contributed by atoms with E-state index >= 15 is 0 Å². The van der Waals surface area contributed by atoms with Gasteiger partial charge in [0.05, 0.1) is 17.4 Å². The number of fused-ring (bicyclic) bond motifs is 1. The SMILES string of the molecule is CCC1CN(C(=O)c2cc(C)ccc2C)c2cc(C)c(C)cc2N1C(=O)O. The largest absolute Gasteiger partial charge is 0.465 e. The van der Waals surface area contributed by atoms with Crippen LogP contribution >= 0.6 is 0 Å². The molecule has 5 heteroatoms. The molecule has 5 nitrogen and oxygen atoms in total. The van der Waals surface area contributed by atoms with Crippen molar-refractivity contribution in [2.75, 3.05) is 16.3 Å². The molecule has 142 valence electrons. The molecular weight excluding hydrogens is 340 g/mol. The standard InChI is InChI=1S/C22H26N2O3/c1-6-17-12-23(21(25)18-9-13(2)7-8-14(18)3)19-10-15(4)16(5)11-20(19)24(17)22(26)27/h7-11,17H,6,12H2,1-5H3,(H,26,27). The molecule has 0 fully saturated rings. The molecule has 0 saturated heterocycles. The van der Waals surface area contributed by atoms with Crippen LogP contribution < -0.4 is 9.80 Å². The van der Waals surface area contributed by atoms with Crippen molar-refractivity contribution >= 4 is 23.4 Å². The van der Waals surface area contributed by atoms with E-state index in [1.54, 1.807) is 4.90 Å². The van der Waals surface area contributed by atoms with Gasteiger partial charge in [0.2, 0.25) is 0 Å². The molecule has 2 aromatic rings. The van der Waals surface area contributed by atoms with Crippen LogP contribution in [0.25, 0.3) is 0 Å². The minimum Gasteiger partial charge on any atom is -0.465 e. The first kappa shape index (κ1) is 19.0. The lowest BCUT2D eigenvalue weighted by Gasteiger charge is -2.41. The van der Waals surface area contributed by atoms with Crippen molar-refractivity contribution in [2.45, 2.75) is 47.1 Å². The molecule has 1 unspecified atom stereocenters. The summed E-state index contributed by atoms with van der Waals surface area (Å²) in [5, 5.41) is 9.79. The normalized spacial score (nSPS) is 16.3. The number of hydrogen-bond donors (Lipinski definition) is 1. The first-order valence-electron chi connectivity index (χ1n) is 9.27. The van der Waals surface area contributed by atoms with E-state index in [2.05, 4.69) is 0 Å². The Labute approximate surface area is 160 Å². The van der Waals surface area contributed by atoms with Gasteiger partial charge in [0.15, 0.2) is 0 Å². The van der Waals surface area contributed by atoms with E-state index in [4.69, 9.17) is 0 Å². The zero-order valence-corrected chi connectivity index (χ0v) is 16.5. The Balaban J connectivity index is 2.18. The lowest BCUT2D eigenvalue weighted by atomic mass is 9.98. The number of carboxylic acid groups (broad SMARTS) is 1. The van der Waals surface area contributed by atoms with E-state index in [0.29, 0.717) is 29.9 Å². The van der Waals surface area contributed by atoms with Crippen LogP contribution in [-0.2, 0) is 0 Å². The van der Waals surface area contributed by atoms with Crippen molar-refractivity contribution in [3.05, 3.63) is 58.1 Å². The van der Waals surface area contributed by atoms with E-state index in [1.807, 2.05) is 65.0 Å². The van der Waals surface area contributed by atoms with Crippen molar-refractivity contribution in [2.24, 2.45) is 0 Å². The van der Waals surface area contributed by atoms with E-state index in [0.717, 1.165) is 22.3 Å². The molecule has 1 N–H and O–H groups in total. The van der Waals surface area contributed by atoms with E-state index in [9.17, 15) is 14.7 Å². The highest BCUT2D eigenvalue weighted by Gasteiger charge is 2.37. The van der Waals surface area contributed by atoms with Gasteiger partial charge in [-0.3, -0.25) is 9.69 Å². The monoisotopic (exact) mass is 366 g/mol. The minimum atomic E-state index is -0.981. The van der Waals surface area contributed by atoms with Crippen molar-refractivity contribution in [1.29, 1.82) is 0 Å². The van der Waals surface area contributed by atoms with Crippen molar-refractivity contribution in [1.82, 2.24) is 0 Å². The fraction of sp³-hybridized carbons (Fsp3) is 0.364. The second-order valence-electron chi connectivity index (χ2n) is 7.37. The Hall–Kier alpha value is -2.82. The molecule has 0 spiro atoms. The smallest absolute Gasteiger partial charge is 0.412 e. The maximum absolute atomic E-state index is 13.4. The number of amides is 2. The van der Waals surface area contributed by atoms with E-state index in [-0.39, 0.29) is 11.9 Å². The first-order valence-corrected chi connectivity index (χ1v) is 9.27. The van der Waals surface area contributed by atoms with Crippen molar-refractivity contribution in [3.8, 4) is 0 Å². The van der Waals surface area contributed by atoms with Gasteiger partial charge in [0.1, 0.15) is 0 Å². The molecule has 1 atom stereocenters. The zero-order valence-electron chi connectivity index (χ0n) is 16.5. The molecule has 0 bridgehead atoms. The molecule has 0 radical (unpaired) electrons. The highest BCUT2D eigenvalue weighted by atomic mass is 16.4. The number of hydrogen-bond acceptors (Lipinski definition) is 2. The molecule has 2 aromatic carbocycles. The summed E-state index contributed by atoms with van der Waals surface area (Å²) in [5.41, 5.74) is 5.91. The Morgan fingerprint density at radius 3 is 2.22 bits per heavy atom. The quantitative estimate of drug-likeness (QED) is 0.827. The lowest BCUT2D eigenvalue weighted by Crippen LogP contribution is -2.52. The van der Waals surface area contributed by atoms with Gasteiger partial charge in [-0.1, -0.05) is 24.6 Å². The number of carbonyl (C=O) groups excluding carboxylic acids is 1. The highest BCUT2D eigenvalue weighted by Crippen LogP contribution is 2.39. The third-order valence-electron chi connectivity index (χ3n) is 5.45. The summed E-state index contributed by atoms with van der Waals surface area (Å²) in [6.07, 6.45) is -0.347. The Kier molecular flexibility index (Phi) is 4.96. The zero-order chi connectivity index (χ0) is 19.9. The van der Waals surface area contributed by atoms with Crippen LogP contribution in [0.2, 0.25) is 0 Å². The van der Waals surface area contributed by atoms with Gasteiger partial charge >= 0.3 is 6.09 Å². The van der Waals surface area contributed by atoms with Crippen LogP contribution in [0.15, 0.2) is 30.3 Å². The molecule has 2 amide bonds. The maximum atomic E-state index is 13.4. The number of nitrogens with zero attached hydrogens (tertiary/aromatic N) is 2. The van der Waals surface area contributed by atoms with Crippen LogP contribution in [-0.4, -0.2) is 29.7 Å². The molecule has 1 heterocycles.